The van der Waals surface area contributed by atoms with Crippen molar-refractivity contribution in [1.29, 1.82) is 0 Å². The van der Waals surface area contributed by atoms with Crippen molar-refractivity contribution in [3.8, 4) is 11.5 Å². The van der Waals surface area contributed by atoms with Crippen molar-refractivity contribution in [1.82, 2.24) is 5.32 Å². The molecule has 1 aromatic carbocycles. The fourth-order valence-corrected chi connectivity index (χ4v) is 2.10. The van der Waals surface area contributed by atoms with E-state index in [-0.39, 0.29) is 5.92 Å². The van der Waals surface area contributed by atoms with Crippen LogP contribution in [-0.4, -0.2) is 32.3 Å². The lowest BCUT2D eigenvalue weighted by Gasteiger charge is -2.29. The molecule has 7 heteroatoms. The fraction of sp³-hybridized carbons (Fsp3) is 0.529. The summed E-state index contributed by atoms with van der Waals surface area (Å²) in [5, 5.41) is 13.4. The summed E-state index contributed by atoms with van der Waals surface area (Å²) in [6, 6.07) is 4.00. The Balaban J connectivity index is 2.96. The van der Waals surface area contributed by atoms with Gasteiger partial charge in [0.1, 0.15) is 17.1 Å². The van der Waals surface area contributed by atoms with Gasteiger partial charge in [0.15, 0.2) is 0 Å². The van der Waals surface area contributed by atoms with Crippen molar-refractivity contribution in [2.75, 3.05) is 14.2 Å². The molecule has 0 aliphatic rings. The normalized spacial score (nSPS) is 12.5. The summed E-state index contributed by atoms with van der Waals surface area (Å²) in [4.78, 5) is 23.1. The molecular weight excluding hydrogens is 314 g/mol. The molecule has 0 fully saturated rings. The van der Waals surface area contributed by atoms with Crippen molar-refractivity contribution in [2.24, 2.45) is 5.92 Å². The van der Waals surface area contributed by atoms with Gasteiger partial charge in [-0.1, -0.05) is 13.8 Å². The molecule has 0 radical (unpaired) electrons. The summed E-state index contributed by atoms with van der Waals surface area (Å²) in [7, 11) is 3.04. The van der Waals surface area contributed by atoms with Crippen molar-refractivity contribution in [3.63, 3.8) is 0 Å². The van der Waals surface area contributed by atoms with E-state index in [2.05, 4.69) is 5.32 Å². The van der Waals surface area contributed by atoms with Gasteiger partial charge in [-0.15, -0.1) is 0 Å². The number of carbonyl (C=O) groups excluding carboxylic acids is 2. The number of methoxy groups -OCH3 is 2. The third-order valence-corrected chi connectivity index (χ3v) is 3.59. The number of aliphatic carboxylic acids is 1. The summed E-state index contributed by atoms with van der Waals surface area (Å²) in [5.74, 6) is -0.585. The Bertz CT molecular complexity index is 574. The largest absolute Gasteiger partial charge is 0.548 e. The van der Waals surface area contributed by atoms with Gasteiger partial charge in [-0.05, 0) is 31.9 Å². The van der Waals surface area contributed by atoms with Crippen LogP contribution >= 0.6 is 0 Å². The second-order valence-corrected chi connectivity index (χ2v) is 6.19. The van der Waals surface area contributed by atoms with E-state index < -0.39 is 23.7 Å². The monoisotopic (exact) mass is 338 g/mol. The summed E-state index contributed by atoms with van der Waals surface area (Å²) in [5.41, 5.74) is -0.386. The van der Waals surface area contributed by atoms with Crippen LogP contribution < -0.4 is 19.9 Å². The highest BCUT2D eigenvalue weighted by atomic mass is 16.6. The molecule has 1 atom stereocenters. The van der Waals surface area contributed by atoms with Crippen LogP contribution in [0.2, 0.25) is 0 Å². The second-order valence-electron chi connectivity index (χ2n) is 6.19. The molecule has 1 rings (SSSR count). The zero-order chi connectivity index (χ0) is 18.5. The molecule has 0 unspecified atom stereocenters. The summed E-state index contributed by atoms with van der Waals surface area (Å²) < 4.78 is 15.8. The fourth-order valence-electron chi connectivity index (χ4n) is 2.10. The molecule has 0 aliphatic carbocycles. The lowest BCUT2D eigenvalue weighted by Crippen LogP contribution is -2.51. The van der Waals surface area contributed by atoms with Gasteiger partial charge in [-0.3, -0.25) is 0 Å². The lowest BCUT2D eigenvalue weighted by molar-refractivity contribution is -0.309. The van der Waals surface area contributed by atoms with Gasteiger partial charge < -0.3 is 29.4 Å². The van der Waals surface area contributed by atoms with Crippen LogP contribution in [0, 0.1) is 5.92 Å². The van der Waals surface area contributed by atoms with Crippen molar-refractivity contribution < 1.29 is 28.9 Å². The van der Waals surface area contributed by atoms with Crippen molar-refractivity contribution >= 4 is 12.1 Å². The van der Waals surface area contributed by atoms with Gasteiger partial charge in [-0.25, -0.2) is 4.79 Å². The van der Waals surface area contributed by atoms with Crippen molar-refractivity contribution in [3.05, 3.63) is 23.8 Å². The lowest BCUT2D eigenvalue weighted by atomic mass is 9.97. The van der Waals surface area contributed by atoms with E-state index in [1.807, 2.05) is 0 Å². The standard InChI is InChI=1S/C17H25NO6/c1-10(2)14(15(19)20)18-16(21)24-17(3,4)11-7-12(22-5)9-13(8-11)23-6/h7-10,14H,1-6H3,(H,18,21)(H,19,20)/p-1/t14-/m0/s1. The Morgan fingerprint density at radius 2 is 1.58 bits per heavy atom. The number of nitrogens with one attached hydrogen (secondary N) is 1. The first kappa shape index (κ1) is 19.6. The number of hydrogen-bond donors (Lipinski definition) is 1. The van der Waals surface area contributed by atoms with Gasteiger partial charge in [0, 0.05) is 11.6 Å². The first-order valence-electron chi connectivity index (χ1n) is 7.54. The first-order valence-corrected chi connectivity index (χ1v) is 7.54. The zero-order valence-electron chi connectivity index (χ0n) is 14.8. The highest BCUT2D eigenvalue weighted by Crippen LogP contribution is 2.32. The van der Waals surface area contributed by atoms with Crippen LogP contribution in [0.25, 0.3) is 0 Å². The number of carbonyl (C=O) groups is 2. The molecule has 1 N–H and O–H groups in total. The van der Waals surface area contributed by atoms with E-state index in [1.165, 1.54) is 14.2 Å². The maximum absolute atomic E-state index is 12.1. The second kappa shape index (κ2) is 7.90. The molecule has 1 amide bonds. The number of carboxylic acids is 1. The van der Waals surface area contributed by atoms with E-state index in [0.717, 1.165) is 0 Å². The molecule has 0 spiro atoms. The van der Waals surface area contributed by atoms with Gasteiger partial charge in [0.25, 0.3) is 0 Å². The van der Waals surface area contributed by atoms with Gasteiger partial charge in [-0.2, -0.15) is 0 Å². The van der Waals surface area contributed by atoms with Crippen LogP contribution in [0.5, 0.6) is 11.5 Å². The number of rotatable bonds is 7. The molecule has 7 nitrogen and oxygen atoms in total. The predicted octanol–water partition coefficient (Wildman–Crippen LogP) is 1.44. The quantitative estimate of drug-likeness (QED) is 0.808. The zero-order valence-corrected chi connectivity index (χ0v) is 14.8. The number of alkyl carbamates (subject to hydrolysis) is 1. The third kappa shape index (κ3) is 5.04. The first-order chi connectivity index (χ1) is 11.1. The third-order valence-electron chi connectivity index (χ3n) is 3.59. The molecule has 0 heterocycles. The molecular formula is C17H24NO6-. The minimum absolute atomic E-state index is 0.331. The Morgan fingerprint density at radius 1 is 1.08 bits per heavy atom. The number of ether oxygens (including phenoxy) is 3. The highest BCUT2D eigenvalue weighted by molar-refractivity contribution is 5.79. The maximum atomic E-state index is 12.1. The minimum atomic E-state index is -1.36. The Hall–Kier alpha value is -2.44. The average molecular weight is 338 g/mol. The Labute approximate surface area is 141 Å². The Kier molecular flexibility index (Phi) is 6.45. The van der Waals surface area contributed by atoms with E-state index in [1.54, 1.807) is 45.9 Å². The summed E-state index contributed by atoms with van der Waals surface area (Å²) in [6.45, 7) is 6.70. The number of carboxylic acid groups (broad SMARTS) is 1. The van der Waals surface area contributed by atoms with Crippen LogP contribution in [0.1, 0.15) is 33.3 Å². The van der Waals surface area contributed by atoms with Crippen LogP contribution in [-0.2, 0) is 15.1 Å². The van der Waals surface area contributed by atoms with E-state index in [4.69, 9.17) is 14.2 Å². The van der Waals surface area contributed by atoms with Gasteiger partial charge in [0.05, 0.1) is 26.2 Å². The molecule has 0 aliphatic heterocycles. The topological polar surface area (TPSA) is 96.9 Å². The SMILES string of the molecule is COc1cc(OC)cc(C(C)(C)OC(=O)N[C@H](C(=O)[O-])C(C)C)c1. The average Bonchev–Trinajstić information content (AvgIpc) is 2.50. The molecule has 1 aromatic rings. The molecule has 0 saturated carbocycles. The minimum Gasteiger partial charge on any atom is -0.548 e. The predicted molar refractivity (Wildman–Crippen MR) is 85.8 cm³/mol. The van der Waals surface area contributed by atoms with E-state index in [9.17, 15) is 14.7 Å². The Morgan fingerprint density at radius 3 is 1.96 bits per heavy atom. The van der Waals surface area contributed by atoms with Crippen LogP contribution in [0.4, 0.5) is 4.79 Å². The van der Waals surface area contributed by atoms with Gasteiger partial charge >= 0.3 is 6.09 Å². The summed E-state index contributed by atoms with van der Waals surface area (Å²) in [6.07, 6.45) is -0.843. The molecule has 0 aromatic heterocycles. The number of amides is 1. The van der Waals surface area contributed by atoms with E-state index in [0.29, 0.717) is 17.1 Å². The van der Waals surface area contributed by atoms with Crippen LogP contribution in [0.15, 0.2) is 18.2 Å². The molecule has 0 saturated heterocycles. The van der Waals surface area contributed by atoms with Gasteiger partial charge in [0.2, 0.25) is 0 Å². The van der Waals surface area contributed by atoms with Crippen molar-refractivity contribution in [2.45, 2.75) is 39.3 Å². The molecule has 24 heavy (non-hydrogen) atoms. The molecule has 0 bridgehead atoms. The maximum Gasteiger partial charge on any atom is 0.408 e. The van der Waals surface area contributed by atoms with Crippen LogP contribution in [0.3, 0.4) is 0 Å². The highest BCUT2D eigenvalue weighted by Gasteiger charge is 2.28. The number of benzene rings is 1. The summed E-state index contributed by atoms with van der Waals surface area (Å²) >= 11 is 0. The number of hydrogen-bond acceptors (Lipinski definition) is 6. The molecule has 134 valence electrons. The van der Waals surface area contributed by atoms with E-state index >= 15 is 0 Å². The smallest absolute Gasteiger partial charge is 0.408 e.